The van der Waals surface area contributed by atoms with Gasteiger partial charge in [-0.15, -0.1) is 0 Å². The number of phenolic OH excluding ortho intramolecular Hbond substituents is 1. The zero-order chi connectivity index (χ0) is 29.9. The molecule has 0 unspecified atom stereocenters. The number of carbonyl (C=O) groups excluding carboxylic acids is 1. The summed E-state index contributed by atoms with van der Waals surface area (Å²) in [6, 6.07) is 7.55. The predicted molar refractivity (Wildman–Crippen MR) is 140 cm³/mol. The normalized spacial score (nSPS) is 12.0. The second kappa shape index (κ2) is 11.5. The van der Waals surface area contributed by atoms with E-state index in [2.05, 4.69) is 30.2 Å². The summed E-state index contributed by atoms with van der Waals surface area (Å²) < 4.78 is 81.2. The highest BCUT2D eigenvalue weighted by atomic mass is 32.2. The Morgan fingerprint density at radius 1 is 1.12 bits per heavy atom. The number of sulfonamides is 1. The molecule has 0 aliphatic rings. The summed E-state index contributed by atoms with van der Waals surface area (Å²) in [6.07, 6.45) is -6.23. The van der Waals surface area contributed by atoms with Gasteiger partial charge >= 0.3 is 6.18 Å². The lowest BCUT2D eigenvalue weighted by atomic mass is 10.0. The number of nitrogens with one attached hydrogen (secondary N) is 3. The molecule has 41 heavy (non-hydrogen) atoms. The summed E-state index contributed by atoms with van der Waals surface area (Å²) in [5.41, 5.74) is 4.71. The van der Waals surface area contributed by atoms with Crippen LogP contribution in [0.25, 0.3) is 22.4 Å². The molecule has 17 heteroatoms. The first kappa shape index (κ1) is 29.5. The Labute approximate surface area is 229 Å². The number of hydrogen-bond donors (Lipinski definition) is 6. The number of hydrogen-bond acceptors (Lipinski definition) is 9. The summed E-state index contributed by atoms with van der Waals surface area (Å²) in [5, 5.41) is 27.8. The average Bonchev–Trinajstić information content (AvgIpc) is 3.32. The van der Waals surface area contributed by atoms with Crippen molar-refractivity contribution in [1.82, 2.24) is 20.2 Å². The molecule has 0 spiro atoms. The van der Waals surface area contributed by atoms with Crippen LogP contribution in [0.3, 0.4) is 0 Å². The summed E-state index contributed by atoms with van der Waals surface area (Å²) in [7, 11) is -3.80. The van der Waals surface area contributed by atoms with E-state index in [9.17, 15) is 35.9 Å². The van der Waals surface area contributed by atoms with Gasteiger partial charge in [-0.25, -0.2) is 22.8 Å². The van der Waals surface area contributed by atoms with Crippen LogP contribution in [-0.2, 0) is 23.0 Å². The lowest BCUT2D eigenvalue weighted by molar-refractivity contribution is -0.127. The van der Waals surface area contributed by atoms with Crippen LogP contribution in [0.15, 0.2) is 36.4 Å². The number of fused-ring (bicyclic) bond motifs is 1. The molecule has 1 amide bonds. The third-order valence-corrected chi connectivity index (χ3v) is 7.12. The fourth-order valence-electron chi connectivity index (χ4n) is 3.95. The number of primary amides is 1. The van der Waals surface area contributed by atoms with Gasteiger partial charge in [-0.3, -0.25) is 14.6 Å². The van der Waals surface area contributed by atoms with Crippen LogP contribution in [0.5, 0.6) is 5.75 Å². The molecule has 0 aliphatic carbocycles. The number of aliphatic hydroxyl groups excluding tert-OH is 1. The van der Waals surface area contributed by atoms with Crippen molar-refractivity contribution < 1.29 is 41.0 Å². The number of aromatic nitrogens is 4. The van der Waals surface area contributed by atoms with Gasteiger partial charge in [0.25, 0.3) is 5.91 Å². The molecule has 0 saturated heterocycles. The molecule has 4 aromatic rings. The number of halogens is 4. The third-order valence-electron chi connectivity index (χ3n) is 5.76. The summed E-state index contributed by atoms with van der Waals surface area (Å²) in [6.45, 7) is -0.439. The molecular weight excluding hydrogens is 574 g/mol. The Balaban J connectivity index is 1.79. The van der Waals surface area contributed by atoms with Crippen molar-refractivity contribution >= 4 is 38.5 Å². The zero-order valence-corrected chi connectivity index (χ0v) is 21.8. The standard InChI is InChI=1S/C24H23F4N7O5S/c25-15-9-14(13(8-17(15)37)10-24(26,27)28)21-31-22(18-19(20(29)38)33-34-23(18)32-21)30-11-12-4-1-2-5-16(12)35-41(39,40)7-3-6-36/h1-2,4-5,8-9,35-37H,3,6-7,10-11H2,(H2,29,38)(H2,30,31,32,33,34). The smallest absolute Gasteiger partial charge is 0.393 e. The van der Waals surface area contributed by atoms with Crippen LogP contribution < -0.4 is 15.8 Å². The molecular formula is C24H23F4N7O5S. The highest BCUT2D eigenvalue weighted by Gasteiger charge is 2.31. The topological polar surface area (TPSA) is 196 Å². The number of phenols is 1. The third kappa shape index (κ3) is 6.98. The molecule has 218 valence electrons. The van der Waals surface area contributed by atoms with Gasteiger partial charge in [0.15, 0.2) is 23.0 Å². The monoisotopic (exact) mass is 597 g/mol. The number of benzene rings is 2. The average molecular weight is 598 g/mol. The molecule has 0 radical (unpaired) electrons. The second-order valence-corrected chi connectivity index (χ2v) is 10.7. The maximum absolute atomic E-state index is 14.3. The van der Waals surface area contributed by atoms with E-state index < -0.39 is 51.5 Å². The summed E-state index contributed by atoms with van der Waals surface area (Å²) in [5.74, 6) is -4.03. The molecule has 12 nitrogen and oxygen atoms in total. The van der Waals surface area contributed by atoms with Gasteiger partial charge in [0, 0.05) is 18.7 Å². The van der Waals surface area contributed by atoms with Crippen molar-refractivity contribution in [2.24, 2.45) is 5.73 Å². The van der Waals surface area contributed by atoms with Crippen LogP contribution >= 0.6 is 0 Å². The number of anilines is 2. The maximum atomic E-state index is 14.3. The molecule has 7 N–H and O–H groups in total. The van der Waals surface area contributed by atoms with Gasteiger partial charge in [0.1, 0.15) is 11.5 Å². The van der Waals surface area contributed by atoms with E-state index in [4.69, 9.17) is 10.8 Å². The van der Waals surface area contributed by atoms with Crippen molar-refractivity contribution in [2.75, 3.05) is 22.4 Å². The van der Waals surface area contributed by atoms with Crippen LogP contribution in [0.1, 0.15) is 28.0 Å². The fourth-order valence-corrected chi connectivity index (χ4v) is 5.10. The molecule has 2 aromatic carbocycles. The molecule has 0 aliphatic heterocycles. The number of H-pyrrole nitrogens is 1. The van der Waals surface area contributed by atoms with Crippen molar-refractivity contribution in [1.29, 1.82) is 0 Å². The fraction of sp³-hybridized carbons (Fsp3) is 0.250. The first-order chi connectivity index (χ1) is 19.3. The first-order valence-electron chi connectivity index (χ1n) is 11.9. The van der Waals surface area contributed by atoms with Gasteiger partial charge in [-0.1, -0.05) is 18.2 Å². The predicted octanol–water partition coefficient (Wildman–Crippen LogP) is 2.80. The Hall–Kier alpha value is -4.51. The summed E-state index contributed by atoms with van der Waals surface area (Å²) in [4.78, 5) is 20.3. The van der Waals surface area contributed by atoms with Gasteiger partial charge in [0.05, 0.1) is 23.2 Å². The first-order valence-corrected chi connectivity index (χ1v) is 13.5. The van der Waals surface area contributed by atoms with Crippen molar-refractivity contribution in [3.63, 3.8) is 0 Å². The molecule has 2 heterocycles. The van der Waals surface area contributed by atoms with E-state index in [-0.39, 0.29) is 59.1 Å². The Bertz CT molecular complexity index is 1710. The highest BCUT2D eigenvalue weighted by Crippen LogP contribution is 2.34. The van der Waals surface area contributed by atoms with Gasteiger partial charge in [-0.05, 0) is 35.7 Å². The number of amides is 1. The minimum atomic E-state index is -4.72. The number of nitrogens with zero attached hydrogens (tertiary/aromatic N) is 3. The van der Waals surface area contributed by atoms with Crippen LogP contribution in [-0.4, -0.2) is 63.2 Å². The number of carbonyl (C=O) groups is 1. The number of aromatic amines is 1. The Morgan fingerprint density at radius 3 is 2.54 bits per heavy atom. The number of rotatable bonds is 11. The van der Waals surface area contributed by atoms with E-state index in [0.717, 1.165) is 0 Å². The Kier molecular flexibility index (Phi) is 8.29. The summed E-state index contributed by atoms with van der Waals surface area (Å²) >= 11 is 0. The van der Waals surface area contributed by atoms with Gasteiger partial charge in [-0.2, -0.15) is 18.3 Å². The molecule has 0 atom stereocenters. The van der Waals surface area contributed by atoms with E-state index in [0.29, 0.717) is 17.7 Å². The molecule has 0 saturated carbocycles. The van der Waals surface area contributed by atoms with E-state index in [1.54, 1.807) is 18.2 Å². The molecule has 2 aromatic heterocycles. The van der Waals surface area contributed by atoms with Crippen LogP contribution in [0.2, 0.25) is 0 Å². The van der Waals surface area contributed by atoms with Crippen molar-refractivity contribution in [2.45, 2.75) is 25.6 Å². The highest BCUT2D eigenvalue weighted by molar-refractivity contribution is 7.92. The minimum absolute atomic E-state index is 0.0149. The van der Waals surface area contributed by atoms with Crippen molar-refractivity contribution in [3.8, 4) is 17.1 Å². The second-order valence-electron chi connectivity index (χ2n) is 8.82. The largest absolute Gasteiger partial charge is 0.505 e. The number of para-hydroxylation sites is 1. The van der Waals surface area contributed by atoms with E-state index in [1.165, 1.54) is 6.07 Å². The number of alkyl halides is 3. The minimum Gasteiger partial charge on any atom is -0.505 e. The van der Waals surface area contributed by atoms with E-state index in [1.807, 2.05) is 0 Å². The lowest BCUT2D eigenvalue weighted by Gasteiger charge is -2.15. The number of aromatic hydroxyl groups is 1. The number of aliphatic hydroxyl groups is 1. The maximum Gasteiger partial charge on any atom is 0.393 e. The van der Waals surface area contributed by atoms with Gasteiger partial charge < -0.3 is 21.3 Å². The Morgan fingerprint density at radius 2 is 1.85 bits per heavy atom. The lowest BCUT2D eigenvalue weighted by Crippen LogP contribution is -2.19. The molecule has 0 bridgehead atoms. The quantitative estimate of drug-likeness (QED) is 0.141. The van der Waals surface area contributed by atoms with E-state index >= 15 is 0 Å². The number of nitrogens with two attached hydrogens (primary N) is 1. The SMILES string of the molecule is NC(=O)c1[nH]nc2nc(-c3cc(F)c(O)cc3CC(F)(F)F)nc(NCc3ccccc3NS(=O)(=O)CCCO)c12. The van der Waals surface area contributed by atoms with Crippen molar-refractivity contribution in [3.05, 3.63) is 59.0 Å². The van der Waals surface area contributed by atoms with Gasteiger partial charge in [0.2, 0.25) is 10.0 Å². The molecule has 0 fully saturated rings. The van der Waals surface area contributed by atoms with Crippen LogP contribution in [0.4, 0.5) is 29.1 Å². The van der Waals surface area contributed by atoms with Crippen LogP contribution in [0, 0.1) is 5.82 Å². The molecule has 4 rings (SSSR count). The zero-order valence-electron chi connectivity index (χ0n) is 21.0.